The second-order valence-electron chi connectivity index (χ2n) is 6.66. The van der Waals surface area contributed by atoms with Gasteiger partial charge in [-0.15, -0.1) is 0 Å². The first-order valence-electron chi connectivity index (χ1n) is 8.80. The van der Waals surface area contributed by atoms with Gasteiger partial charge in [-0.05, 0) is 40.5 Å². The molecule has 1 aliphatic rings. The molecule has 1 aliphatic heterocycles. The molecule has 4 rings (SSSR count). The molecule has 0 spiro atoms. The molecule has 1 amide bonds. The molecule has 0 saturated carbocycles. The second kappa shape index (κ2) is 6.79. The maximum atomic E-state index is 13.4. The summed E-state index contributed by atoms with van der Waals surface area (Å²) in [5.41, 5.74) is 1.94. The zero-order valence-electron chi connectivity index (χ0n) is 14.9. The summed E-state index contributed by atoms with van der Waals surface area (Å²) in [6.45, 7) is 0.184. The van der Waals surface area contributed by atoms with Gasteiger partial charge >= 0.3 is 0 Å². The number of sulfonamides is 1. The maximum absolute atomic E-state index is 13.4. The number of benzene rings is 3. The van der Waals surface area contributed by atoms with Gasteiger partial charge < -0.3 is 5.32 Å². The standard InChI is InChI=1S/C21H20N2O3S/c1-22-21(24)20-13-17-8-4-5-9-18(17)14-23(20)27(25,26)19-11-10-15-6-2-3-7-16(15)12-19/h2-12,20H,13-14H2,1H3,(H,22,24)/t20-/m1/s1. The molecular weight excluding hydrogens is 360 g/mol. The Bertz CT molecular complexity index is 1120. The molecule has 6 heteroatoms. The molecule has 0 aliphatic carbocycles. The molecular formula is C21H20N2O3S. The van der Waals surface area contributed by atoms with Gasteiger partial charge in [0.15, 0.2) is 0 Å². The number of nitrogens with one attached hydrogen (secondary N) is 1. The molecule has 0 fully saturated rings. The zero-order chi connectivity index (χ0) is 19.0. The smallest absolute Gasteiger partial charge is 0.244 e. The Morgan fingerprint density at radius 2 is 1.63 bits per heavy atom. The first-order valence-corrected chi connectivity index (χ1v) is 10.2. The highest BCUT2D eigenvalue weighted by Gasteiger charge is 2.39. The lowest BCUT2D eigenvalue weighted by atomic mass is 9.95. The SMILES string of the molecule is CNC(=O)[C@H]1Cc2ccccc2CN1S(=O)(=O)c1ccc2ccccc2c1. The Balaban J connectivity index is 1.80. The molecule has 3 aromatic carbocycles. The average molecular weight is 380 g/mol. The number of carbonyl (C=O) groups excluding carboxylic acids is 1. The molecule has 5 nitrogen and oxygen atoms in total. The Morgan fingerprint density at radius 1 is 0.963 bits per heavy atom. The fourth-order valence-corrected chi connectivity index (χ4v) is 5.21. The van der Waals surface area contributed by atoms with Crippen molar-refractivity contribution >= 4 is 26.7 Å². The third kappa shape index (κ3) is 3.11. The molecule has 1 atom stereocenters. The number of carbonyl (C=O) groups is 1. The number of likely N-dealkylation sites (N-methyl/N-ethyl adjacent to an activating group) is 1. The number of hydrogen-bond acceptors (Lipinski definition) is 3. The van der Waals surface area contributed by atoms with Gasteiger partial charge in [0.25, 0.3) is 0 Å². The first kappa shape index (κ1) is 17.7. The molecule has 0 unspecified atom stereocenters. The normalized spacial score (nSPS) is 17.4. The minimum absolute atomic E-state index is 0.184. The summed E-state index contributed by atoms with van der Waals surface area (Å²) >= 11 is 0. The minimum Gasteiger partial charge on any atom is -0.358 e. The predicted octanol–water partition coefficient (Wildman–Crippen LogP) is 2.70. The van der Waals surface area contributed by atoms with Crippen molar-refractivity contribution < 1.29 is 13.2 Å². The van der Waals surface area contributed by atoms with Crippen LogP contribution in [0.25, 0.3) is 10.8 Å². The Hall–Kier alpha value is -2.70. The van der Waals surface area contributed by atoms with Crippen LogP contribution in [0, 0.1) is 0 Å². The first-order chi connectivity index (χ1) is 13.0. The monoisotopic (exact) mass is 380 g/mol. The van der Waals surface area contributed by atoms with Crippen LogP contribution < -0.4 is 5.32 Å². The molecule has 0 aromatic heterocycles. The second-order valence-corrected chi connectivity index (χ2v) is 8.55. The van der Waals surface area contributed by atoms with Crippen molar-refractivity contribution in [3.8, 4) is 0 Å². The van der Waals surface area contributed by atoms with E-state index in [0.717, 1.165) is 21.9 Å². The van der Waals surface area contributed by atoms with Gasteiger partial charge in [0, 0.05) is 13.6 Å². The topological polar surface area (TPSA) is 66.5 Å². The van der Waals surface area contributed by atoms with Crippen LogP contribution in [0.3, 0.4) is 0 Å². The Labute approximate surface area is 158 Å². The van der Waals surface area contributed by atoms with E-state index in [1.54, 1.807) is 18.2 Å². The van der Waals surface area contributed by atoms with Gasteiger partial charge in [0.2, 0.25) is 15.9 Å². The largest absolute Gasteiger partial charge is 0.358 e. The molecule has 3 aromatic rings. The summed E-state index contributed by atoms with van der Waals surface area (Å²) in [4.78, 5) is 12.7. The number of fused-ring (bicyclic) bond motifs is 2. The van der Waals surface area contributed by atoms with Crippen LogP contribution in [-0.4, -0.2) is 31.7 Å². The van der Waals surface area contributed by atoms with E-state index in [4.69, 9.17) is 0 Å². The third-order valence-corrected chi connectivity index (χ3v) is 6.93. The fraction of sp³-hybridized carbons (Fsp3) is 0.190. The van der Waals surface area contributed by atoms with Crippen LogP contribution in [0.5, 0.6) is 0 Å². The van der Waals surface area contributed by atoms with E-state index in [9.17, 15) is 13.2 Å². The van der Waals surface area contributed by atoms with Gasteiger partial charge in [0.1, 0.15) is 6.04 Å². The van der Waals surface area contributed by atoms with E-state index < -0.39 is 16.1 Å². The fourth-order valence-electron chi connectivity index (χ4n) is 3.60. The molecule has 138 valence electrons. The summed E-state index contributed by atoms with van der Waals surface area (Å²) < 4.78 is 28.2. The summed E-state index contributed by atoms with van der Waals surface area (Å²) in [6, 6.07) is 19.6. The van der Waals surface area contributed by atoms with Crippen molar-refractivity contribution in [2.75, 3.05) is 7.05 Å². The lowest BCUT2D eigenvalue weighted by Crippen LogP contribution is -2.51. The molecule has 1 N–H and O–H groups in total. The average Bonchev–Trinajstić information content (AvgIpc) is 2.71. The molecule has 0 bridgehead atoms. The zero-order valence-corrected chi connectivity index (χ0v) is 15.7. The van der Waals surface area contributed by atoms with Gasteiger partial charge in [-0.25, -0.2) is 8.42 Å². The van der Waals surface area contributed by atoms with Crippen LogP contribution in [0.2, 0.25) is 0 Å². The summed E-state index contributed by atoms with van der Waals surface area (Å²) in [5, 5.41) is 4.43. The number of nitrogens with zero attached hydrogens (tertiary/aromatic N) is 1. The van der Waals surface area contributed by atoms with Gasteiger partial charge in [-0.3, -0.25) is 4.79 Å². The highest BCUT2D eigenvalue weighted by Crippen LogP contribution is 2.30. The Morgan fingerprint density at radius 3 is 2.37 bits per heavy atom. The molecule has 1 heterocycles. The summed E-state index contributed by atoms with van der Waals surface area (Å²) in [5.74, 6) is -0.297. The van der Waals surface area contributed by atoms with E-state index >= 15 is 0 Å². The van der Waals surface area contributed by atoms with Gasteiger partial charge in [0.05, 0.1) is 4.90 Å². The maximum Gasteiger partial charge on any atom is 0.244 e. The van der Waals surface area contributed by atoms with Crippen LogP contribution >= 0.6 is 0 Å². The van der Waals surface area contributed by atoms with Crippen molar-refractivity contribution in [2.24, 2.45) is 0 Å². The van der Waals surface area contributed by atoms with Crippen LogP contribution in [0.1, 0.15) is 11.1 Å². The Kier molecular flexibility index (Phi) is 4.45. The van der Waals surface area contributed by atoms with E-state index in [1.807, 2.05) is 48.5 Å². The molecule has 27 heavy (non-hydrogen) atoms. The van der Waals surface area contributed by atoms with Crippen molar-refractivity contribution in [3.05, 3.63) is 77.9 Å². The van der Waals surface area contributed by atoms with E-state index in [2.05, 4.69) is 5.32 Å². The van der Waals surface area contributed by atoms with Crippen molar-refractivity contribution in [1.29, 1.82) is 0 Å². The highest BCUT2D eigenvalue weighted by atomic mass is 32.2. The lowest BCUT2D eigenvalue weighted by Gasteiger charge is -2.34. The molecule has 0 radical (unpaired) electrons. The number of hydrogen-bond donors (Lipinski definition) is 1. The van der Waals surface area contributed by atoms with Crippen LogP contribution in [-0.2, 0) is 27.8 Å². The molecule has 0 saturated heterocycles. The highest BCUT2D eigenvalue weighted by molar-refractivity contribution is 7.89. The summed E-state index contributed by atoms with van der Waals surface area (Å²) in [6.07, 6.45) is 0.364. The van der Waals surface area contributed by atoms with Gasteiger partial charge in [-0.2, -0.15) is 4.31 Å². The van der Waals surface area contributed by atoms with E-state index in [1.165, 1.54) is 11.4 Å². The van der Waals surface area contributed by atoms with Crippen LogP contribution in [0.15, 0.2) is 71.6 Å². The number of amides is 1. The van der Waals surface area contributed by atoms with Crippen LogP contribution in [0.4, 0.5) is 0 Å². The van der Waals surface area contributed by atoms with Crippen molar-refractivity contribution in [1.82, 2.24) is 9.62 Å². The third-order valence-electron chi connectivity index (χ3n) is 5.08. The number of rotatable bonds is 3. The van der Waals surface area contributed by atoms with Crippen molar-refractivity contribution in [2.45, 2.75) is 23.9 Å². The van der Waals surface area contributed by atoms with Gasteiger partial charge in [-0.1, -0.05) is 54.6 Å². The summed E-state index contributed by atoms with van der Waals surface area (Å²) in [7, 11) is -2.30. The van der Waals surface area contributed by atoms with Crippen molar-refractivity contribution in [3.63, 3.8) is 0 Å². The lowest BCUT2D eigenvalue weighted by molar-refractivity contribution is -0.124. The van der Waals surface area contributed by atoms with E-state index in [-0.39, 0.29) is 17.3 Å². The predicted molar refractivity (Wildman–Crippen MR) is 105 cm³/mol. The van der Waals surface area contributed by atoms with E-state index in [0.29, 0.717) is 6.42 Å². The minimum atomic E-state index is -3.83. The quantitative estimate of drug-likeness (QED) is 0.760.